The van der Waals surface area contributed by atoms with E-state index < -0.39 is 0 Å². The van der Waals surface area contributed by atoms with E-state index in [1.165, 1.54) is 0 Å². The number of aromatic nitrogens is 3. The fraction of sp³-hybridized carbons (Fsp3) is 0.500. The van der Waals surface area contributed by atoms with Gasteiger partial charge in [0.25, 0.3) is 0 Å². The highest BCUT2D eigenvalue weighted by atomic mass is 16.3. The van der Waals surface area contributed by atoms with Crippen molar-refractivity contribution in [1.29, 1.82) is 0 Å². The SMILES string of the molecule is OCCn1c(C2CCNC2)nc2cccnc21. The van der Waals surface area contributed by atoms with Crippen molar-refractivity contribution in [3.63, 3.8) is 0 Å². The molecule has 1 fully saturated rings. The Bertz CT molecular complexity index is 516. The molecule has 1 aliphatic rings. The molecule has 0 aromatic carbocycles. The zero-order chi connectivity index (χ0) is 11.7. The van der Waals surface area contributed by atoms with Crippen molar-refractivity contribution in [2.75, 3.05) is 19.7 Å². The van der Waals surface area contributed by atoms with Gasteiger partial charge in [0, 0.05) is 25.2 Å². The van der Waals surface area contributed by atoms with Gasteiger partial charge in [0.15, 0.2) is 5.65 Å². The minimum atomic E-state index is 0.120. The number of fused-ring (bicyclic) bond motifs is 1. The van der Waals surface area contributed by atoms with Crippen molar-refractivity contribution < 1.29 is 5.11 Å². The summed E-state index contributed by atoms with van der Waals surface area (Å²) in [6.45, 7) is 2.70. The van der Waals surface area contributed by atoms with Gasteiger partial charge in [-0.15, -0.1) is 0 Å². The summed E-state index contributed by atoms with van der Waals surface area (Å²) in [6.07, 6.45) is 2.88. The van der Waals surface area contributed by atoms with Gasteiger partial charge in [-0.3, -0.25) is 0 Å². The minimum absolute atomic E-state index is 0.120. The third kappa shape index (κ3) is 1.81. The van der Waals surface area contributed by atoms with Crippen LogP contribution in [0, 0.1) is 0 Å². The van der Waals surface area contributed by atoms with Crippen molar-refractivity contribution in [2.45, 2.75) is 18.9 Å². The molecule has 0 saturated carbocycles. The Morgan fingerprint density at radius 3 is 3.24 bits per heavy atom. The molecule has 3 heterocycles. The molecule has 5 nitrogen and oxygen atoms in total. The van der Waals surface area contributed by atoms with Crippen LogP contribution in [0.1, 0.15) is 18.2 Å². The second kappa shape index (κ2) is 4.43. The van der Waals surface area contributed by atoms with Gasteiger partial charge in [-0.2, -0.15) is 0 Å². The average molecular weight is 232 g/mol. The van der Waals surface area contributed by atoms with E-state index >= 15 is 0 Å². The number of rotatable bonds is 3. The van der Waals surface area contributed by atoms with E-state index in [4.69, 9.17) is 0 Å². The van der Waals surface area contributed by atoms with Gasteiger partial charge in [-0.1, -0.05) is 0 Å². The van der Waals surface area contributed by atoms with Crippen molar-refractivity contribution in [3.05, 3.63) is 24.2 Å². The van der Waals surface area contributed by atoms with Crippen molar-refractivity contribution in [2.24, 2.45) is 0 Å². The Balaban J connectivity index is 2.11. The standard InChI is InChI=1S/C12H16N4O/c17-7-6-16-11(9-3-5-13-8-9)15-10-2-1-4-14-12(10)16/h1-2,4,9,13,17H,3,5-8H2. The topological polar surface area (TPSA) is 63.0 Å². The number of imidazole rings is 1. The van der Waals surface area contributed by atoms with E-state index in [0.29, 0.717) is 12.5 Å². The Morgan fingerprint density at radius 1 is 1.53 bits per heavy atom. The van der Waals surface area contributed by atoms with Gasteiger partial charge in [0.2, 0.25) is 0 Å². The first-order valence-corrected chi connectivity index (χ1v) is 6.03. The first-order valence-electron chi connectivity index (χ1n) is 6.03. The largest absolute Gasteiger partial charge is 0.395 e. The van der Waals surface area contributed by atoms with Crippen molar-refractivity contribution in [1.82, 2.24) is 19.9 Å². The van der Waals surface area contributed by atoms with Crippen LogP contribution in [-0.4, -0.2) is 39.3 Å². The summed E-state index contributed by atoms with van der Waals surface area (Å²) >= 11 is 0. The number of hydrogen-bond acceptors (Lipinski definition) is 4. The smallest absolute Gasteiger partial charge is 0.160 e. The third-order valence-electron chi connectivity index (χ3n) is 3.28. The highest BCUT2D eigenvalue weighted by Gasteiger charge is 2.23. The maximum atomic E-state index is 9.17. The van der Waals surface area contributed by atoms with Crippen LogP contribution in [-0.2, 0) is 6.54 Å². The fourth-order valence-electron chi connectivity index (χ4n) is 2.48. The van der Waals surface area contributed by atoms with E-state index in [1.54, 1.807) is 6.20 Å². The number of nitrogens with one attached hydrogen (secondary N) is 1. The van der Waals surface area contributed by atoms with Gasteiger partial charge in [0.05, 0.1) is 6.61 Å². The summed E-state index contributed by atoms with van der Waals surface area (Å²) in [6, 6.07) is 3.87. The van der Waals surface area contributed by atoms with Crippen LogP contribution in [0.3, 0.4) is 0 Å². The molecular formula is C12H16N4O. The number of aliphatic hydroxyl groups excluding tert-OH is 1. The number of hydrogen-bond donors (Lipinski definition) is 2. The van der Waals surface area contributed by atoms with Crippen LogP contribution in [0.15, 0.2) is 18.3 Å². The lowest BCUT2D eigenvalue weighted by molar-refractivity contribution is 0.275. The highest BCUT2D eigenvalue weighted by Crippen LogP contribution is 2.24. The molecule has 2 aromatic heterocycles. The zero-order valence-corrected chi connectivity index (χ0v) is 9.63. The molecule has 1 atom stereocenters. The van der Waals surface area contributed by atoms with Gasteiger partial charge >= 0.3 is 0 Å². The molecular weight excluding hydrogens is 216 g/mol. The molecule has 2 N–H and O–H groups in total. The summed E-state index contributed by atoms with van der Waals surface area (Å²) in [5, 5.41) is 12.5. The Hall–Kier alpha value is -1.46. The monoisotopic (exact) mass is 232 g/mol. The lowest BCUT2D eigenvalue weighted by Gasteiger charge is -2.11. The summed E-state index contributed by atoms with van der Waals surface area (Å²) in [7, 11) is 0. The minimum Gasteiger partial charge on any atom is -0.395 e. The number of nitrogens with zero attached hydrogens (tertiary/aromatic N) is 3. The van der Waals surface area contributed by atoms with Crippen LogP contribution in [0.4, 0.5) is 0 Å². The average Bonchev–Trinajstić information content (AvgIpc) is 2.97. The molecule has 17 heavy (non-hydrogen) atoms. The van der Waals surface area contributed by atoms with Gasteiger partial charge in [0.1, 0.15) is 11.3 Å². The van der Waals surface area contributed by atoms with Crippen molar-refractivity contribution >= 4 is 11.2 Å². The Labute approximate surface area is 99.5 Å². The summed E-state index contributed by atoms with van der Waals surface area (Å²) in [4.78, 5) is 9.02. The summed E-state index contributed by atoms with van der Waals surface area (Å²) in [5.41, 5.74) is 1.80. The van der Waals surface area contributed by atoms with Gasteiger partial charge in [-0.25, -0.2) is 9.97 Å². The van der Waals surface area contributed by atoms with Crippen LogP contribution in [0.25, 0.3) is 11.2 Å². The molecule has 0 amide bonds. The van der Waals surface area contributed by atoms with Gasteiger partial charge < -0.3 is 15.0 Å². The van der Waals surface area contributed by atoms with Crippen LogP contribution < -0.4 is 5.32 Å². The lowest BCUT2D eigenvalue weighted by atomic mass is 10.1. The predicted molar refractivity (Wildman–Crippen MR) is 64.8 cm³/mol. The molecule has 1 aliphatic heterocycles. The molecule has 5 heteroatoms. The zero-order valence-electron chi connectivity index (χ0n) is 9.63. The lowest BCUT2D eigenvalue weighted by Crippen LogP contribution is -2.14. The molecule has 3 rings (SSSR count). The molecule has 1 unspecified atom stereocenters. The fourth-order valence-corrected chi connectivity index (χ4v) is 2.48. The predicted octanol–water partition coefficient (Wildman–Crippen LogP) is 0.500. The molecule has 0 bridgehead atoms. The second-order valence-corrected chi connectivity index (χ2v) is 4.38. The third-order valence-corrected chi connectivity index (χ3v) is 3.28. The quantitative estimate of drug-likeness (QED) is 0.809. The Kier molecular flexibility index (Phi) is 2.78. The second-order valence-electron chi connectivity index (χ2n) is 4.38. The van der Waals surface area contributed by atoms with Crippen LogP contribution in [0.5, 0.6) is 0 Å². The van der Waals surface area contributed by atoms with Crippen molar-refractivity contribution in [3.8, 4) is 0 Å². The maximum absolute atomic E-state index is 9.17. The van der Waals surface area contributed by atoms with E-state index in [0.717, 1.165) is 36.5 Å². The number of aliphatic hydroxyl groups is 1. The number of pyridine rings is 1. The van der Waals surface area contributed by atoms with E-state index in [-0.39, 0.29) is 6.61 Å². The summed E-state index contributed by atoms with van der Waals surface area (Å²) < 4.78 is 2.05. The van der Waals surface area contributed by atoms with E-state index in [2.05, 4.69) is 15.3 Å². The molecule has 1 saturated heterocycles. The molecule has 0 radical (unpaired) electrons. The first-order chi connectivity index (χ1) is 8.40. The molecule has 0 spiro atoms. The normalized spacial score (nSPS) is 20.2. The van der Waals surface area contributed by atoms with Crippen LogP contribution in [0.2, 0.25) is 0 Å². The summed E-state index contributed by atoms with van der Waals surface area (Å²) in [5.74, 6) is 1.49. The highest BCUT2D eigenvalue weighted by molar-refractivity contribution is 5.71. The van der Waals surface area contributed by atoms with Gasteiger partial charge in [-0.05, 0) is 25.1 Å². The molecule has 90 valence electrons. The van der Waals surface area contributed by atoms with E-state index in [9.17, 15) is 5.11 Å². The molecule has 2 aromatic rings. The maximum Gasteiger partial charge on any atom is 0.160 e. The first kappa shape index (κ1) is 10.7. The Morgan fingerprint density at radius 2 is 2.47 bits per heavy atom. The van der Waals surface area contributed by atoms with E-state index in [1.807, 2.05) is 16.7 Å². The van der Waals surface area contributed by atoms with Crippen LogP contribution >= 0.6 is 0 Å². The molecule has 0 aliphatic carbocycles.